The molecule has 1 N–H and O–H groups in total. The maximum atomic E-state index is 13.8. The molecule has 1 aromatic heterocycles. The lowest BCUT2D eigenvalue weighted by atomic mass is 10.1. The summed E-state index contributed by atoms with van der Waals surface area (Å²) in [6.45, 7) is 3.87. The molecule has 0 aliphatic carbocycles. The molecule has 0 saturated heterocycles. The number of aromatic nitrogens is 1. The van der Waals surface area contributed by atoms with Gasteiger partial charge in [0.05, 0.1) is 11.7 Å². The van der Waals surface area contributed by atoms with Crippen molar-refractivity contribution < 1.29 is 8.78 Å². The van der Waals surface area contributed by atoms with Crippen molar-refractivity contribution in [2.24, 2.45) is 0 Å². The fourth-order valence-electron chi connectivity index (χ4n) is 1.77. The van der Waals surface area contributed by atoms with E-state index in [-0.39, 0.29) is 5.56 Å². The Morgan fingerprint density at radius 3 is 2.56 bits per heavy atom. The number of hydrogen-bond donors (Lipinski definition) is 1. The second-order valence-corrected chi connectivity index (χ2v) is 5.32. The number of rotatable bonds is 3. The normalized spacial score (nSPS) is 12.7. The molecule has 5 heteroatoms. The molecule has 0 fully saturated rings. The van der Waals surface area contributed by atoms with Gasteiger partial charge in [-0.15, -0.1) is 11.3 Å². The smallest absolute Gasteiger partial charge is 0.128 e. The molecule has 0 spiro atoms. The molecule has 1 unspecified atom stereocenters. The van der Waals surface area contributed by atoms with Crippen molar-refractivity contribution in [3.05, 3.63) is 51.0 Å². The minimum absolute atomic E-state index is 0.284. The minimum Gasteiger partial charge on any atom is -0.307 e. The van der Waals surface area contributed by atoms with Gasteiger partial charge in [-0.2, -0.15) is 0 Å². The van der Waals surface area contributed by atoms with Crippen molar-refractivity contribution in [2.45, 2.75) is 19.9 Å². The Bertz CT molecular complexity index is 547. The van der Waals surface area contributed by atoms with Gasteiger partial charge in [-0.1, -0.05) is 0 Å². The standard InChI is InChI=1S/C13H14F2N2S/c1-7-8(2)18-13(17-7)12(16-3)10-6-9(14)4-5-11(10)15/h4-6,12,16H,1-3H3. The van der Waals surface area contributed by atoms with Crippen LogP contribution in [0.2, 0.25) is 0 Å². The topological polar surface area (TPSA) is 24.9 Å². The summed E-state index contributed by atoms with van der Waals surface area (Å²) < 4.78 is 27.0. The average Bonchev–Trinajstić information content (AvgIpc) is 2.65. The quantitative estimate of drug-likeness (QED) is 0.923. The van der Waals surface area contributed by atoms with Crippen LogP contribution in [-0.4, -0.2) is 12.0 Å². The molecule has 1 atom stereocenters. The average molecular weight is 268 g/mol. The molecule has 0 saturated carbocycles. The summed E-state index contributed by atoms with van der Waals surface area (Å²) in [6.07, 6.45) is 0. The van der Waals surface area contributed by atoms with E-state index in [4.69, 9.17) is 0 Å². The predicted molar refractivity (Wildman–Crippen MR) is 68.8 cm³/mol. The first-order valence-electron chi connectivity index (χ1n) is 5.59. The Hall–Kier alpha value is -1.33. The highest BCUT2D eigenvalue weighted by Crippen LogP contribution is 2.29. The molecule has 0 radical (unpaired) electrons. The third-order valence-electron chi connectivity index (χ3n) is 2.85. The first kappa shape index (κ1) is 13.1. The number of nitrogens with zero attached hydrogens (tertiary/aromatic N) is 1. The van der Waals surface area contributed by atoms with Crippen LogP contribution in [0.3, 0.4) is 0 Å². The molecule has 1 aromatic carbocycles. The van der Waals surface area contributed by atoms with Gasteiger partial charge in [0.1, 0.15) is 16.6 Å². The summed E-state index contributed by atoms with van der Waals surface area (Å²) in [5.41, 5.74) is 1.21. The van der Waals surface area contributed by atoms with Gasteiger partial charge in [0.25, 0.3) is 0 Å². The lowest BCUT2D eigenvalue weighted by molar-refractivity contribution is 0.557. The van der Waals surface area contributed by atoms with Gasteiger partial charge < -0.3 is 5.32 Å². The molecule has 2 rings (SSSR count). The summed E-state index contributed by atoms with van der Waals surface area (Å²) in [5.74, 6) is -0.877. The van der Waals surface area contributed by atoms with E-state index >= 15 is 0 Å². The van der Waals surface area contributed by atoms with Crippen LogP contribution < -0.4 is 5.32 Å². The molecule has 2 aromatic rings. The number of thiazole rings is 1. The SMILES string of the molecule is CNC(c1nc(C)c(C)s1)c1cc(F)ccc1F. The molecule has 0 aliphatic rings. The van der Waals surface area contributed by atoms with Crippen LogP contribution in [0.4, 0.5) is 8.78 Å². The Morgan fingerprint density at radius 1 is 1.28 bits per heavy atom. The van der Waals surface area contributed by atoms with Crippen LogP contribution in [0, 0.1) is 25.5 Å². The molecule has 96 valence electrons. The summed E-state index contributed by atoms with van der Waals surface area (Å²) in [5, 5.41) is 3.73. The molecular formula is C13H14F2N2S. The van der Waals surface area contributed by atoms with E-state index in [0.717, 1.165) is 27.7 Å². The number of aryl methyl sites for hydroxylation is 2. The lowest BCUT2D eigenvalue weighted by Gasteiger charge is -2.14. The monoisotopic (exact) mass is 268 g/mol. The van der Waals surface area contributed by atoms with Gasteiger partial charge in [-0.25, -0.2) is 13.8 Å². The van der Waals surface area contributed by atoms with Crippen molar-refractivity contribution in [3.8, 4) is 0 Å². The molecule has 0 bridgehead atoms. The Kier molecular flexibility index (Phi) is 3.73. The number of halogens is 2. The van der Waals surface area contributed by atoms with Gasteiger partial charge in [-0.3, -0.25) is 0 Å². The van der Waals surface area contributed by atoms with E-state index in [2.05, 4.69) is 10.3 Å². The van der Waals surface area contributed by atoms with Gasteiger partial charge in [-0.05, 0) is 39.1 Å². The van der Waals surface area contributed by atoms with Crippen LogP contribution in [0.1, 0.15) is 27.2 Å². The first-order chi connectivity index (χ1) is 8.52. The first-order valence-corrected chi connectivity index (χ1v) is 6.40. The molecule has 0 aliphatic heterocycles. The van der Waals surface area contributed by atoms with E-state index in [1.165, 1.54) is 17.4 Å². The number of nitrogens with one attached hydrogen (secondary N) is 1. The van der Waals surface area contributed by atoms with Crippen molar-refractivity contribution >= 4 is 11.3 Å². The van der Waals surface area contributed by atoms with Crippen LogP contribution >= 0.6 is 11.3 Å². The summed E-state index contributed by atoms with van der Waals surface area (Å²) in [4.78, 5) is 5.48. The minimum atomic E-state index is -0.448. The van der Waals surface area contributed by atoms with E-state index in [1.807, 2.05) is 13.8 Å². The lowest BCUT2D eigenvalue weighted by Crippen LogP contribution is -2.19. The van der Waals surface area contributed by atoms with Crippen molar-refractivity contribution in [1.29, 1.82) is 0 Å². The van der Waals surface area contributed by atoms with Crippen LogP contribution in [0.25, 0.3) is 0 Å². The van der Waals surface area contributed by atoms with E-state index in [1.54, 1.807) is 7.05 Å². The van der Waals surface area contributed by atoms with Gasteiger partial charge in [0, 0.05) is 10.4 Å². The zero-order valence-electron chi connectivity index (χ0n) is 10.4. The van der Waals surface area contributed by atoms with E-state index < -0.39 is 17.7 Å². The molecule has 18 heavy (non-hydrogen) atoms. The molecular weight excluding hydrogens is 254 g/mol. The van der Waals surface area contributed by atoms with Crippen molar-refractivity contribution in [1.82, 2.24) is 10.3 Å². The van der Waals surface area contributed by atoms with Crippen molar-refractivity contribution in [2.75, 3.05) is 7.05 Å². The zero-order chi connectivity index (χ0) is 13.3. The molecule has 1 heterocycles. The van der Waals surface area contributed by atoms with Gasteiger partial charge in [0.2, 0.25) is 0 Å². The van der Waals surface area contributed by atoms with Crippen LogP contribution in [-0.2, 0) is 0 Å². The fraction of sp³-hybridized carbons (Fsp3) is 0.308. The maximum absolute atomic E-state index is 13.8. The largest absolute Gasteiger partial charge is 0.307 e. The van der Waals surface area contributed by atoms with Crippen LogP contribution in [0.5, 0.6) is 0 Å². The third-order valence-corrected chi connectivity index (χ3v) is 3.99. The number of benzene rings is 1. The zero-order valence-corrected chi connectivity index (χ0v) is 11.2. The maximum Gasteiger partial charge on any atom is 0.128 e. The molecule has 0 amide bonds. The Labute approximate surface area is 109 Å². The highest BCUT2D eigenvalue weighted by atomic mass is 32.1. The van der Waals surface area contributed by atoms with E-state index in [0.29, 0.717) is 0 Å². The van der Waals surface area contributed by atoms with Gasteiger partial charge in [0.15, 0.2) is 0 Å². The predicted octanol–water partition coefficient (Wildman–Crippen LogP) is 3.35. The Balaban J connectivity index is 2.48. The molecule has 2 nitrogen and oxygen atoms in total. The third kappa shape index (κ3) is 2.42. The highest BCUT2D eigenvalue weighted by Gasteiger charge is 2.20. The Morgan fingerprint density at radius 2 is 2.00 bits per heavy atom. The number of hydrogen-bond acceptors (Lipinski definition) is 3. The van der Waals surface area contributed by atoms with Crippen molar-refractivity contribution in [3.63, 3.8) is 0 Å². The summed E-state index contributed by atoms with van der Waals surface area (Å²) >= 11 is 1.49. The highest BCUT2D eigenvalue weighted by molar-refractivity contribution is 7.11. The van der Waals surface area contributed by atoms with Gasteiger partial charge >= 0.3 is 0 Å². The van der Waals surface area contributed by atoms with Crippen LogP contribution in [0.15, 0.2) is 18.2 Å². The summed E-state index contributed by atoms with van der Waals surface area (Å²) in [6, 6.07) is 3.05. The second kappa shape index (κ2) is 5.12. The second-order valence-electron chi connectivity index (χ2n) is 4.08. The van der Waals surface area contributed by atoms with E-state index in [9.17, 15) is 8.78 Å². The summed E-state index contributed by atoms with van der Waals surface area (Å²) in [7, 11) is 1.71. The fourth-order valence-corrected chi connectivity index (χ4v) is 2.82.